The Bertz CT molecular complexity index is 3130. The first-order valence-corrected chi connectivity index (χ1v) is 25.3. The Labute approximate surface area is 358 Å². The van der Waals surface area contributed by atoms with Crippen molar-refractivity contribution in [2.24, 2.45) is 0 Å². The van der Waals surface area contributed by atoms with Crippen LogP contribution in [0.5, 0.6) is 0 Å². The number of benzene rings is 9. The molecule has 2 nitrogen and oxygen atoms in total. The van der Waals surface area contributed by atoms with Gasteiger partial charge in [0, 0.05) is 54.7 Å². The van der Waals surface area contributed by atoms with E-state index in [4.69, 9.17) is 0 Å². The monoisotopic (exact) mass is 806 g/mol. The maximum Gasteiger partial charge on any atom is 0.0775 e. The summed E-state index contributed by atoms with van der Waals surface area (Å²) in [6.07, 6.45) is 0. The second kappa shape index (κ2) is 13.9. The lowest BCUT2D eigenvalue weighted by Crippen LogP contribution is -2.37. The predicted molar refractivity (Wildman–Crippen MR) is 261 cm³/mol. The average Bonchev–Trinajstić information content (AvgIpc) is 3.50. The maximum absolute atomic E-state index is 2.43. The fourth-order valence-corrected chi connectivity index (χ4v) is 12.0. The third-order valence-electron chi connectivity index (χ3n) is 12.8. The van der Waals surface area contributed by atoms with E-state index in [0.717, 1.165) is 22.7 Å². The Morgan fingerprint density at radius 3 is 1.68 bits per heavy atom. The van der Waals surface area contributed by atoms with E-state index in [2.05, 4.69) is 231 Å². The Balaban J connectivity index is 1.02. The number of rotatable bonds is 7. The van der Waals surface area contributed by atoms with E-state index in [9.17, 15) is 0 Å². The molecule has 1 aliphatic carbocycles. The molecule has 0 saturated carbocycles. The molecular formula is C56H46N2SSi. The van der Waals surface area contributed by atoms with Gasteiger partial charge in [0.15, 0.2) is 0 Å². The van der Waals surface area contributed by atoms with Gasteiger partial charge in [0.2, 0.25) is 0 Å². The summed E-state index contributed by atoms with van der Waals surface area (Å²) in [5.74, 6) is 0. The molecule has 290 valence electrons. The van der Waals surface area contributed by atoms with Gasteiger partial charge in [0.05, 0.1) is 8.07 Å². The Kier molecular flexibility index (Phi) is 8.49. The van der Waals surface area contributed by atoms with E-state index in [-0.39, 0.29) is 5.41 Å². The third kappa shape index (κ3) is 5.92. The molecule has 2 aliphatic rings. The van der Waals surface area contributed by atoms with E-state index in [1.807, 2.05) is 11.8 Å². The van der Waals surface area contributed by atoms with E-state index < -0.39 is 8.07 Å². The quantitative estimate of drug-likeness (QED) is 0.117. The molecule has 0 N–H and O–H groups in total. The molecule has 0 saturated heterocycles. The molecule has 0 aromatic heterocycles. The first-order chi connectivity index (χ1) is 29.1. The molecule has 60 heavy (non-hydrogen) atoms. The van der Waals surface area contributed by atoms with Crippen LogP contribution in [-0.2, 0) is 5.41 Å². The van der Waals surface area contributed by atoms with Crippen molar-refractivity contribution in [3.63, 3.8) is 0 Å². The van der Waals surface area contributed by atoms with Crippen molar-refractivity contribution in [2.45, 2.75) is 48.7 Å². The maximum atomic E-state index is 2.43. The van der Waals surface area contributed by atoms with Gasteiger partial charge in [-0.05, 0) is 134 Å². The second-order valence-electron chi connectivity index (χ2n) is 17.8. The largest absolute Gasteiger partial charge is 0.310 e. The number of nitrogens with zero attached hydrogens (tertiary/aromatic N) is 2. The van der Waals surface area contributed by atoms with Crippen LogP contribution in [0, 0.1) is 0 Å². The summed E-state index contributed by atoms with van der Waals surface area (Å²) >= 11 is 1.89. The number of para-hydroxylation sites is 2. The Morgan fingerprint density at radius 1 is 0.400 bits per heavy atom. The SMILES string of the molecule is CC1(C)c2ccccc2-c2ccc(N(c3ccccc3)c3ccc4c(c3)Sc3cccc5c3c-4cc3ccc(N(c4ccccc4)c4ccc([Si](C)(C)C)cc4)cc35)cc21. The highest BCUT2D eigenvalue weighted by molar-refractivity contribution is 7.99. The van der Waals surface area contributed by atoms with Crippen LogP contribution in [0.25, 0.3) is 43.8 Å². The van der Waals surface area contributed by atoms with E-state index in [0.29, 0.717) is 0 Å². The summed E-state index contributed by atoms with van der Waals surface area (Å²) in [5.41, 5.74) is 14.9. The number of anilines is 6. The summed E-state index contributed by atoms with van der Waals surface area (Å²) in [7, 11) is -1.43. The summed E-state index contributed by atoms with van der Waals surface area (Å²) in [6, 6.07) is 70.2. The molecular weight excluding hydrogens is 761 g/mol. The van der Waals surface area contributed by atoms with Crippen LogP contribution in [0.2, 0.25) is 19.6 Å². The fourth-order valence-electron chi connectivity index (χ4n) is 9.67. The zero-order valence-electron chi connectivity index (χ0n) is 34.7. The number of hydrogen-bond acceptors (Lipinski definition) is 3. The summed E-state index contributed by atoms with van der Waals surface area (Å²) in [5, 5.41) is 6.60. The summed E-state index contributed by atoms with van der Waals surface area (Å²) in [6.45, 7) is 11.9. The summed E-state index contributed by atoms with van der Waals surface area (Å²) in [4.78, 5) is 7.39. The van der Waals surface area contributed by atoms with Gasteiger partial charge in [-0.15, -0.1) is 0 Å². The summed E-state index contributed by atoms with van der Waals surface area (Å²) < 4.78 is 0. The fraction of sp³-hybridized carbons (Fsp3) is 0.107. The molecule has 4 heteroatoms. The molecule has 9 aromatic rings. The number of fused-ring (bicyclic) bond motifs is 7. The minimum atomic E-state index is -1.43. The molecule has 0 radical (unpaired) electrons. The van der Waals surface area contributed by atoms with E-state index in [1.165, 1.54) is 81.3 Å². The van der Waals surface area contributed by atoms with Gasteiger partial charge in [0.1, 0.15) is 0 Å². The van der Waals surface area contributed by atoms with E-state index >= 15 is 0 Å². The normalized spacial score (nSPS) is 13.5. The minimum Gasteiger partial charge on any atom is -0.310 e. The van der Waals surface area contributed by atoms with Crippen LogP contribution >= 0.6 is 11.8 Å². The average molecular weight is 807 g/mol. The first-order valence-electron chi connectivity index (χ1n) is 21.0. The van der Waals surface area contributed by atoms with Gasteiger partial charge < -0.3 is 9.80 Å². The highest BCUT2D eigenvalue weighted by Crippen LogP contribution is 2.54. The molecule has 0 bridgehead atoms. The van der Waals surface area contributed by atoms with Crippen molar-refractivity contribution in [3.05, 3.63) is 199 Å². The molecule has 0 spiro atoms. The van der Waals surface area contributed by atoms with Gasteiger partial charge in [-0.2, -0.15) is 0 Å². The molecule has 0 fully saturated rings. The van der Waals surface area contributed by atoms with Gasteiger partial charge in [0.25, 0.3) is 0 Å². The van der Waals surface area contributed by atoms with Crippen LogP contribution < -0.4 is 15.0 Å². The molecule has 11 rings (SSSR count). The zero-order chi connectivity index (χ0) is 40.8. The molecule has 9 aromatic carbocycles. The Hall–Kier alpha value is -6.33. The Morgan fingerprint density at radius 2 is 0.967 bits per heavy atom. The smallest absolute Gasteiger partial charge is 0.0775 e. The standard InChI is InChI=1S/C56H46N2SSi/c1-56(2)51-21-13-12-19-45(51)46-31-27-42(35-52(46)56)58(39-17-10-7-11-18-39)43-28-32-47-50-33-37-23-24-41(34-49(37)48-20-14-22-53(55(48)50)59-54(47)36-43)57(38-15-8-6-9-16-38)40-25-29-44(30-26-40)60(3,4)5/h6-36H,1-5H3. The lowest BCUT2D eigenvalue weighted by molar-refractivity contribution is 0.660. The lowest BCUT2D eigenvalue weighted by Gasteiger charge is -2.30. The second-order valence-corrected chi connectivity index (χ2v) is 24.0. The lowest BCUT2D eigenvalue weighted by atomic mass is 9.82. The first kappa shape index (κ1) is 36.7. The van der Waals surface area contributed by atoms with Crippen LogP contribution in [0.15, 0.2) is 198 Å². The highest BCUT2D eigenvalue weighted by Gasteiger charge is 2.36. The third-order valence-corrected chi connectivity index (χ3v) is 15.9. The van der Waals surface area contributed by atoms with E-state index in [1.54, 1.807) is 0 Å². The van der Waals surface area contributed by atoms with Crippen molar-refractivity contribution in [1.82, 2.24) is 0 Å². The van der Waals surface area contributed by atoms with Crippen LogP contribution in [0.4, 0.5) is 34.1 Å². The van der Waals surface area contributed by atoms with Gasteiger partial charge >= 0.3 is 0 Å². The van der Waals surface area contributed by atoms with Crippen LogP contribution in [0.1, 0.15) is 25.0 Å². The molecule has 1 aliphatic heterocycles. The minimum absolute atomic E-state index is 0.0826. The highest BCUT2D eigenvalue weighted by atomic mass is 32.2. The molecule has 0 unspecified atom stereocenters. The molecule has 1 heterocycles. The zero-order valence-corrected chi connectivity index (χ0v) is 36.5. The van der Waals surface area contributed by atoms with Gasteiger partial charge in [-0.1, -0.05) is 154 Å². The van der Waals surface area contributed by atoms with Crippen LogP contribution in [-0.4, -0.2) is 8.07 Å². The molecule has 0 amide bonds. The van der Waals surface area contributed by atoms with Crippen molar-refractivity contribution < 1.29 is 0 Å². The van der Waals surface area contributed by atoms with Crippen molar-refractivity contribution >= 4 is 80.7 Å². The van der Waals surface area contributed by atoms with Crippen molar-refractivity contribution in [2.75, 3.05) is 9.80 Å². The molecule has 0 atom stereocenters. The van der Waals surface area contributed by atoms with Crippen molar-refractivity contribution in [3.8, 4) is 22.3 Å². The van der Waals surface area contributed by atoms with Crippen molar-refractivity contribution in [1.29, 1.82) is 0 Å². The predicted octanol–water partition coefficient (Wildman–Crippen LogP) is 15.9. The number of hydrogen-bond donors (Lipinski definition) is 0. The van der Waals surface area contributed by atoms with Crippen LogP contribution in [0.3, 0.4) is 0 Å². The van der Waals surface area contributed by atoms with Gasteiger partial charge in [-0.3, -0.25) is 0 Å². The van der Waals surface area contributed by atoms with Gasteiger partial charge in [-0.25, -0.2) is 0 Å². The topological polar surface area (TPSA) is 6.48 Å².